The number of nitrogens with one attached hydrogen (secondary N) is 1. The standard InChI is InChI=1S/C28H29N11O3/c1-15-6-7-29-24(32-15)18-8-19(18)27(41)35-21-9-22(31-14-30-21)36(2)10-17-11-38-12-20(16-4-5-16)34-26(25(38)33-17)39-13-23(40)37(3)28(39)42/h6-7,9,11-12,14,16,18-19H,4-5,8,10,13H2,1-3H3,(H,30,31,35,41)/t18-,19-/m0/s1. The summed E-state index contributed by atoms with van der Waals surface area (Å²) in [7, 11) is 3.34. The van der Waals surface area contributed by atoms with E-state index in [2.05, 4.69) is 25.3 Å². The number of carbonyl (C=O) groups is 3. The van der Waals surface area contributed by atoms with Crippen molar-refractivity contribution in [3.63, 3.8) is 0 Å². The van der Waals surface area contributed by atoms with E-state index in [0.29, 0.717) is 47.8 Å². The fraction of sp³-hybridized carbons (Fsp3) is 0.393. The highest BCUT2D eigenvalue weighted by atomic mass is 16.2. The predicted molar refractivity (Wildman–Crippen MR) is 151 cm³/mol. The Morgan fingerprint density at radius 3 is 2.69 bits per heavy atom. The van der Waals surface area contributed by atoms with Gasteiger partial charge >= 0.3 is 6.03 Å². The van der Waals surface area contributed by atoms with Crippen molar-refractivity contribution in [2.75, 3.05) is 35.8 Å². The number of aryl methyl sites for hydroxylation is 1. The quantitative estimate of drug-likeness (QED) is 0.314. The van der Waals surface area contributed by atoms with Crippen LogP contribution in [0.2, 0.25) is 0 Å². The van der Waals surface area contributed by atoms with Crippen LogP contribution in [0.15, 0.2) is 37.1 Å². The van der Waals surface area contributed by atoms with Crippen molar-refractivity contribution in [1.82, 2.24) is 39.2 Å². The molecule has 14 nitrogen and oxygen atoms in total. The zero-order valence-electron chi connectivity index (χ0n) is 23.4. The summed E-state index contributed by atoms with van der Waals surface area (Å²) < 4.78 is 1.88. The van der Waals surface area contributed by atoms with Gasteiger partial charge in [-0.3, -0.25) is 19.4 Å². The molecule has 2 atom stereocenters. The van der Waals surface area contributed by atoms with Gasteiger partial charge in [-0.05, 0) is 32.3 Å². The van der Waals surface area contributed by atoms with E-state index in [1.54, 1.807) is 12.3 Å². The molecule has 0 bridgehead atoms. The van der Waals surface area contributed by atoms with Gasteiger partial charge in [-0.15, -0.1) is 0 Å². The van der Waals surface area contributed by atoms with Crippen molar-refractivity contribution >= 4 is 40.9 Å². The summed E-state index contributed by atoms with van der Waals surface area (Å²) in [5.74, 6) is 1.85. The van der Waals surface area contributed by atoms with Crippen LogP contribution in [0.25, 0.3) is 5.65 Å². The second kappa shape index (κ2) is 9.82. The van der Waals surface area contributed by atoms with E-state index >= 15 is 0 Å². The van der Waals surface area contributed by atoms with E-state index in [1.165, 1.54) is 18.3 Å². The van der Waals surface area contributed by atoms with Crippen LogP contribution in [-0.4, -0.2) is 77.7 Å². The summed E-state index contributed by atoms with van der Waals surface area (Å²) in [6, 6.07) is 3.14. The van der Waals surface area contributed by atoms with E-state index < -0.39 is 6.03 Å². The molecule has 2 saturated carbocycles. The Kier molecular flexibility index (Phi) is 6.06. The summed E-state index contributed by atoms with van der Waals surface area (Å²) in [5.41, 5.74) is 2.99. The Balaban J connectivity index is 1.08. The number of imide groups is 1. The van der Waals surface area contributed by atoms with Crippen molar-refractivity contribution in [1.29, 1.82) is 0 Å². The number of fused-ring (bicyclic) bond motifs is 1. The number of imidazole rings is 1. The lowest BCUT2D eigenvalue weighted by atomic mass is 10.2. The molecule has 3 aliphatic rings. The molecule has 4 aromatic rings. The number of likely N-dealkylation sites (N-methyl/N-ethyl adjacent to an activating group) is 1. The van der Waals surface area contributed by atoms with Gasteiger partial charge in [0.05, 0.1) is 17.9 Å². The molecule has 4 aromatic heterocycles. The maximum absolute atomic E-state index is 12.9. The highest BCUT2D eigenvalue weighted by Crippen LogP contribution is 2.46. The minimum absolute atomic E-state index is 0.0121. The van der Waals surface area contributed by atoms with Gasteiger partial charge in [-0.1, -0.05) is 0 Å². The first-order valence-corrected chi connectivity index (χ1v) is 13.9. The Labute approximate surface area is 240 Å². The third-order valence-corrected chi connectivity index (χ3v) is 7.89. The average molecular weight is 568 g/mol. The third kappa shape index (κ3) is 4.78. The molecule has 0 unspecified atom stereocenters. The molecule has 3 fully saturated rings. The fourth-order valence-corrected chi connectivity index (χ4v) is 5.23. The first-order chi connectivity index (χ1) is 20.2. The first-order valence-electron chi connectivity index (χ1n) is 13.9. The number of hydrogen-bond acceptors (Lipinski definition) is 10. The molecule has 1 saturated heterocycles. The Morgan fingerprint density at radius 2 is 1.95 bits per heavy atom. The molecule has 14 heteroatoms. The molecule has 0 spiro atoms. The van der Waals surface area contributed by atoms with E-state index in [1.807, 2.05) is 41.7 Å². The number of nitrogens with zero attached hydrogens (tertiary/aromatic N) is 10. The van der Waals surface area contributed by atoms with Crippen molar-refractivity contribution in [2.24, 2.45) is 5.92 Å². The monoisotopic (exact) mass is 567 g/mol. The van der Waals surface area contributed by atoms with Gasteiger partial charge in [-0.25, -0.2) is 34.7 Å². The van der Waals surface area contributed by atoms with Crippen LogP contribution in [0.5, 0.6) is 0 Å². The molecule has 214 valence electrons. The van der Waals surface area contributed by atoms with Crippen LogP contribution in [0.1, 0.15) is 54.0 Å². The van der Waals surface area contributed by atoms with Gasteiger partial charge in [0.1, 0.15) is 30.3 Å². The summed E-state index contributed by atoms with van der Waals surface area (Å²) in [6.45, 7) is 2.24. The van der Waals surface area contributed by atoms with Crippen LogP contribution >= 0.6 is 0 Å². The summed E-state index contributed by atoms with van der Waals surface area (Å²) in [6.07, 6.45) is 9.77. The highest BCUT2D eigenvalue weighted by molar-refractivity contribution is 6.12. The van der Waals surface area contributed by atoms with Gasteiger partial charge in [0, 0.05) is 62.2 Å². The molecule has 42 heavy (non-hydrogen) atoms. The average Bonchev–Trinajstić information content (AvgIpc) is 3.90. The largest absolute Gasteiger partial charge is 0.354 e. The van der Waals surface area contributed by atoms with Gasteiger partial charge in [-0.2, -0.15) is 0 Å². The lowest BCUT2D eigenvalue weighted by Crippen LogP contribution is -2.31. The number of amides is 4. The zero-order chi connectivity index (χ0) is 29.1. The van der Waals surface area contributed by atoms with Gasteiger partial charge in [0.2, 0.25) is 5.91 Å². The second-order valence-electron chi connectivity index (χ2n) is 11.2. The minimum atomic E-state index is -0.413. The SMILES string of the molecule is Cc1ccnc([C@H]2C[C@@H]2C(=O)Nc2cc(N(C)Cc3cn4cc(C5CC5)nc(N5CC(=O)N(C)C5=O)c4n3)ncn2)n1. The third-order valence-electron chi connectivity index (χ3n) is 7.89. The van der Waals surface area contributed by atoms with Crippen LogP contribution in [0.3, 0.4) is 0 Å². The zero-order valence-corrected chi connectivity index (χ0v) is 23.4. The molecule has 7 rings (SSSR count). The van der Waals surface area contributed by atoms with Crippen molar-refractivity contribution in [3.05, 3.63) is 60.0 Å². The van der Waals surface area contributed by atoms with Crippen molar-refractivity contribution < 1.29 is 14.4 Å². The molecule has 0 radical (unpaired) electrons. The van der Waals surface area contributed by atoms with Crippen LogP contribution in [0.4, 0.5) is 22.2 Å². The van der Waals surface area contributed by atoms with E-state index in [-0.39, 0.29) is 30.2 Å². The normalized spacial score (nSPS) is 20.0. The van der Waals surface area contributed by atoms with E-state index in [9.17, 15) is 14.4 Å². The van der Waals surface area contributed by atoms with Gasteiger partial charge in [0.25, 0.3) is 5.91 Å². The molecular formula is C28H29N11O3. The van der Waals surface area contributed by atoms with Crippen LogP contribution in [0, 0.1) is 12.8 Å². The highest BCUT2D eigenvalue weighted by Gasteiger charge is 2.46. The molecule has 5 heterocycles. The number of aromatic nitrogens is 7. The van der Waals surface area contributed by atoms with E-state index in [0.717, 1.165) is 34.8 Å². The molecule has 1 N–H and O–H groups in total. The lowest BCUT2D eigenvalue weighted by molar-refractivity contribution is -0.124. The van der Waals surface area contributed by atoms with Crippen molar-refractivity contribution in [2.45, 2.75) is 44.6 Å². The van der Waals surface area contributed by atoms with Gasteiger partial charge in [0.15, 0.2) is 11.5 Å². The van der Waals surface area contributed by atoms with Crippen LogP contribution < -0.4 is 15.1 Å². The van der Waals surface area contributed by atoms with Crippen LogP contribution in [-0.2, 0) is 16.1 Å². The summed E-state index contributed by atoms with van der Waals surface area (Å²) in [4.78, 5) is 69.2. The first kappa shape index (κ1) is 25.9. The number of carbonyl (C=O) groups excluding carboxylic acids is 3. The molecule has 4 amide bonds. The molecule has 2 aliphatic carbocycles. The molecule has 1 aliphatic heterocycles. The maximum atomic E-state index is 12.9. The lowest BCUT2D eigenvalue weighted by Gasteiger charge is -2.17. The molecule has 0 aromatic carbocycles. The Bertz CT molecular complexity index is 1750. The number of hydrogen-bond donors (Lipinski definition) is 1. The number of rotatable bonds is 8. The Morgan fingerprint density at radius 1 is 1.12 bits per heavy atom. The smallest absolute Gasteiger partial charge is 0.332 e. The Hall–Kier alpha value is -5.01. The second-order valence-corrected chi connectivity index (χ2v) is 11.2. The predicted octanol–water partition coefficient (Wildman–Crippen LogP) is 2.27. The summed E-state index contributed by atoms with van der Waals surface area (Å²) >= 11 is 0. The maximum Gasteiger partial charge on any atom is 0.332 e. The molecular weight excluding hydrogens is 538 g/mol. The van der Waals surface area contributed by atoms with E-state index in [4.69, 9.17) is 9.97 Å². The van der Waals surface area contributed by atoms with Crippen molar-refractivity contribution in [3.8, 4) is 0 Å². The van der Waals surface area contributed by atoms with Gasteiger partial charge < -0.3 is 14.6 Å². The summed E-state index contributed by atoms with van der Waals surface area (Å²) in [5, 5.41) is 2.90. The topological polar surface area (TPSA) is 155 Å². The fourth-order valence-electron chi connectivity index (χ4n) is 5.23. The number of urea groups is 1. The number of anilines is 3. The minimum Gasteiger partial charge on any atom is -0.354 e.